The largest absolute Gasteiger partial charge is 0.496 e. The van der Waals surface area contributed by atoms with Gasteiger partial charge in [0.25, 0.3) is 0 Å². The average Bonchev–Trinajstić information content (AvgIpc) is 2.95. The van der Waals surface area contributed by atoms with Gasteiger partial charge >= 0.3 is 0 Å². The van der Waals surface area contributed by atoms with Gasteiger partial charge in [-0.1, -0.05) is 23.8 Å². The van der Waals surface area contributed by atoms with E-state index in [1.54, 1.807) is 13.2 Å². The quantitative estimate of drug-likeness (QED) is 0.261. The standard InChI is InChI=1S/C19H28N6O.HI/c1-6-10-20-19(22-13-18-24-23-15(3)25(18)4)21-11-9-16-12-14(2)7-8-17(16)26-5;/h6-8,12H,1,9-11,13H2,2-5H3,(H2,20,21,22);1H. The molecular formula is C19H29IN6O. The van der Waals surface area contributed by atoms with Gasteiger partial charge in [-0.2, -0.15) is 0 Å². The molecule has 2 N–H and O–H groups in total. The number of nitrogens with one attached hydrogen (secondary N) is 2. The lowest BCUT2D eigenvalue weighted by molar-refractivity contribution is 0.409. The Bertz CT molecular complexity index is 772. The van der Waals surface area contributed by atoms with Crippen LogP contribution in [0.1, 0.15) is 22.8 Å². The fourth-order valence-corrected chi connectivity index (χ4v) is 2.50. The number of nitrogens with zero attached hydrogens (tertiary/aromatic N) is 4. The normalized spacial score (nSPS) is 10.9. The molecule has 0 radical (unpaired) electrons. The summed E-state index contributed by atoms with van der Waals surface area (Å²) in [6, 6.07) is 6.21. The summed E-state index contributed by atoms with van der Waals surface area (Å²) in [5, 5.41) is 14.8. The Balaban J connectivity index is 0.00000364. The molecule has 0 aliphatic carbocycles. The van der Waals surface area contributed by atoms with Gasteiger partial charge < -0.3 is 19.9 Å². The predicted molar refractivity (Wildman–Crippen MR) is 120 cm³/mol. The van der Waals surface area contributed by atoms with Crippen LogP contribution in [0.2, 0.25) is 0 Å². The van der Waals surface area contributed by atoms with Gasteiger partial charge in [-0.05, 0) is 31.9 Å². The number of rotatable bonds is 8. The smallest absolute Gasteiger partial charge is 0.191 e. The number of methoxy groups -OCH3 is 1. The van der Waals surface area contributed by atoms with E-state index in [0.29, 0.717) is 13.1 Å². The van der Waals surface area contributed by atoms with E-state index in [1.807, 2.05) is 24.6 Å². The SMILES string of the molecule is C=CCNC(=NCc1nnc(C)n1C)NCCc1cc(C)ccc1OC.I. The van der Waals surface area contributed by atoms with Crippen LogP contribution in [0.25, 0.3) is 0 Å². The Hall–Kier alpha value is -2.10. The summed E-state index contributed by atoms with van der Waals surface area (Å²) in [5.41, 5.74) is 2.39. The summed E-state index contributed by atoms with van der Waals surface area (Å²) in [6.07, 6.45) is 2.63. The minimum absolute atomic E-state index is 0. The molecule has 1 aromatic carbocycles. The maximum atomic E-state index is 5.44. The number of ether oxygens (including phenoxy) is 1. The number of guanidine groups is 1. The van der Waals surface area contributed by atoms with E-state index in [1.165, 1.54) is 11.1 Å². The third kappa shape index (κ3) is 6.85. The zero-order valence-electron chi connectivity index (χ0n) is 16.5. The number of aromatic nitrogens is 3. The van der Waals surface area contributed by atoms with Gasteiger partial charge in [0.15, 0.2) is 11.8 Å². The maximum Gasteiger partial charge on any atom is 0.191 e. The van der Waals surface area contributed by atoms with Crippen molar-refractivity contribution in [1.29, 1.82) is 0 Å². The molecule has 1 heterocycles. The molecule has 0 unspecified atom stereocenters. The van der Waals surface area contributed by atoms with Gasteiger partial charge in [-0.3, -0.25) is 0 Å². The fourth-order valence-electron chi connectivity index (χ4n) is 2.50. The Morgan fingerprint density at radius 3 is 2.70 bits per heavy atom. The van der Waals surface area contributed by atoms with Crippen molar-refractivity contribution in [3.05, 3.63) is 53.6 Å². The molecule has 8 heteroatoms. The molecular weight excluding hydrogens is 455 g/mol. The van der Waals surface area contributed by atoms with Crippen LogP contribution in [0.15, 0.2) is 35.8 Å². The maximum absolute atomic E-state index is 5.44. The van der Waals surface area contributed by atoms with Crippen molar-refractivity contribution in [3.63, 3.8) is 0 Å². The van der Waals surface area contributed by atoms with Crippen LogP contribution in [-0.4, -0.2) is 40.9 Å². The van der Waals surface area contributed by atoms with Crippen molar-refractivity contribution in [2.45, 2.75) is 26.8 Å². The lowest BCUT2D eigenvalue weighted by Crippen LogP contribution is -2.38. The van der Waals surface area contributed by atoms with Crippen molar-refractivity contribution >= 4 is 29.9 Å². The van der Waals surface area contributed by atoms with E-state index in [2.05, 4.69) is 51.5 Å². The van der Waals surface area contributed by atoms with Gasteiger partial charge in [0, 0.05) is 20.1 Å². The van der Waals surface area contributed by atoms with E-state index in [-0.39, 0.29) is 24.0 Å². The second-order valence-electron chi connectivity index (χ2n) is 6.05. The zero-order chi connectivity index (χ0) is 18.9. The summed E-state index contributed by atoms with van der Waals surface area (Å²) in [5.74, 6) is 3.32. The summed E-state index contributed by atoms with van der Waals surface area (Å²) in [4.78, 5) is 4.59. The Morgan fingerprint density at radius 1 is 1.30 bits per heavy atom. The molecule has 0 amide bonds. The van der Waals surface area contributed by atoms with E-state index in [0.717, 1.165) is 36.3 Å². The first-order chi connectivity index (χ1) is 12.5. The van der Waals surface area contributed by atoms with E-state index >= 15 is 0 Å². The van der Waals surface area contributed by atoms with Crippen molar-refractivity contribution in [1.82, 2.24) is 25.4 Å². The Kier molecular flexibility index (Phi) is 9.84. The number of benzene rings is 1. The molecule has 2 rings (SSSR count). The highest BCUT2D eigenvalue weighted by molar-refractivity contribution is 14.0. The van der Waals surface area contributed by atoms with Gasteiger partial charge in [-0.25, -0.2) is 4.99 Å². The second-order valence-corrected chi connectivity index (χ2v) is 6.05. The molecule has 0 spiro atoms. The number of hydrogen-bond donors (Lipinski definition) is 2. The molecule has 27 heavy (non-hydrogen) atoms. The third-order valence-corrected chi connectivity index (χ3v) is 4.10. The molecule has 148 valence electrons. The van der Waals surface area contributed by atoms with E-state index in [9.17, 15) is 0 Å². The molecule has 0 fully saturated rings. The molecule has 7 nitrogen and oxygen atoms in total. The second kappa shape index (κ2) is 11.6. The van der Waals surface area contributed by atoms with Gasteiger partial charge in [-0.15, -0.1) is 40.8 Å². The third-order valence-electron chi connectivity index (χ3n) is 4.10. The van der Waals surface area contributed by atoms with Crippen LogP contribution in [0.5, 0.6) is 5.75 Å². The number of halogens is 1. The van der Waals surface area contributed by atoms with Crippen molar-refractivity contribution < 1.29 is 4.74 Å². The zero-order valence-corrected chi connectivity index (χ0v) is 18.8. The fraction of sp³-hybridized carbons (Fsp3) is 0.421. The van der Waals surface area contributed by atoms with Crippen LogP contribution >= 0.6 is 24.0 Å². The summed E-state index contributed by atoms with van der Waals surface area (Å²) in [7, 11) is 3.64. The van der Waals surface area contributed by atoms with Gasteiger partial charge in [0.1, 0.15) is 18.1 Å². The predicted octanol–water partition coefficient (Wildman–Crippen LogP) is 2.52. The minimum atomic E-state index is 0. The topological polar surface area (TPSA) is 76.4 Å². The molecule has 2 aromatic rings. The summed E-state index contributed by atoms with van der Waals surface area (Å²) >= 11 is 0. The number of hydrogen-bond acceptors (Lipinski definition) is 4. The Morgan fingerprint density at radius 2 is 2.07 bits per heavy atom. The lowest BCUT2D eigenvalue weighted by Gasteiger charge is -2.13. The van der Waals surface area contributed by atoms with Crippen molar-refractivity contribution in [3.8, 4) is 5.75 Å². The number of aryl methyl sites for hydroxylation is 2. The average molecular weight is 484 g/mol. The van der Waals surface area contributed by atoms with E-state index in [4.69, 9.17) is 4.74 Å². The molecule has 0 bridgehead atoms. The highest BCUT2D eigenvalue weighted by atomic mass is 127. The first kappa shape index (κ1) is 22.9. The van der Waals surface area contributed by atoms with E-state index < -0.39 is 0 Å². The van der Waals surface area contributed by atoms with Crippen molar-refractivity contribution in [2.24, 2.45) is 12.0 Å². The van der Waals surface area contributed by atoms with Gasteiger partial charge in [0.2, 0.25) is 0 Å². The molecule has 0 aliphatic heterocycles. The van der Waals surface area contributed by atoms with Crippen LogP contribution < -0.4 is 15.4 Å². The molecule has 0 aliphatic rings. The molecule has 0 saturated carbocycles. The van der Waals surface area contributed by atoms with Crippen LogP contribution in [0, 0.1) is 13.8 Å². The van der Waals surface area contributed by atoms with Crippen LogP contribution in [-0.2, 0) is 20.0 Å². The first-order valence-corrected chi connectivity index (χ1v) is 8.66. The highest BCUT2D eigenvalue weighted by Gasteiger charge is 2.06. The highest BCUT2D eigenvalue weighted by Crippen LogP contribution is 2.19. The molecule has 1 aromatic heterocycles. The Labute approximate surface area is 178 Å². The van der Waals surface area contributed by atoms with Crippen molar-refractivity contribution in [2.75, 3.05) is 20.2 Å². The summed E-state index contributed by atoms with van der Waals surface area (Å²) < 4.78 is 7.38. The van der Waals surface area contributed by atoms with Crippen LogP contribution in [0.4, 0.5) is 0 Å². The number of aliphatic imine (C=N–C) groups is 1. The first-order valence-electron chi connectivity index (χ1n) is 8.66. The monoisotopic (exact) mass is 484 g/mol. The lowest BCUT2D eigenvalue weighted by atomic mass is 10.1. The van der Waals surface area contributed by atoms with Crippen LogP contribution in [0.3, 0.4) is 0 Å². The minimum Gasteiger partial charge on any atom is -0.496 e. The van der Waals surface area contributed by atoms with Gasteiger partial charge in [0.05, 0.1) is 7.11 Å². The molecule has 0 atom stereocenters. The summed E-state index contributed by atoms with van der Waals surface area (Å²) in [6.45, 7) is 9.57. The molecule has 0 saturated heterocycles.